The number of rotatable bonds is 6. The van der Waals surface area contributed by atoms with Gasteiger partial charge in [0.05, 0.1) is 12.0 Å². The number of halogens is 1. The van der Waals surface area contributed by atoms with E-state index < -0.39 is 17.8 Å². The third-order valence-corrected chi connectivity index (χ3v) is 4.55. The number of aromatic nitrogens is 1. The smallest absolute Gasteiger partial charge is 0.239 e. The lowest BCUT2D eigenvalue weighted by atomic mass is 10.0. The van der Waals surface area contributed by atoms with Crippen LogP contribution in [0.25, 0.3) is 10.6 Å². The van der Waals surface area contributed by atoms with E-state index in [9.17, 15) is 9.18 Å². The number of likely N-dealkylation sites (N-methyl/N-ethyl adjacent to an activating group) is 1. The summed E-state index contributed by atoms with van der Waals surface area (Å²) < 4.78 is 18.5. The Balaban J connectivity index is 1.79. The first-order valence-corrected chi connectivity index (χ1v) is 8.14. The summed E-state index contributed by atoms with van der Waals surface area (Å²) in [6.07, 6.45) is 3.22. The first-order valence-electron chi connectivity index (χ1n) is 7.26. The molecule has 0 spiro atoms. The summed E-state index contributed by atoms with van der Waals surface area (Å²) in [6.45, 7) is 0.415. The summed E-state index contributed by atoms with van der Waals surface area (Å²) in [5.41, 5.74) is 7.76. The molecule has 24 heavy (non-hydrogen) atoms. The van der Waals surface area contributed by atoms with Crippen molar-refractivity contribution in [2.24, 2.45) is 5.73 Å². The largest absolute Gasteiger partial charge is 0.472 e. The fraction of sp³-hybridized carbons (Fsp3) is 0.176. The van der Waals surface area contributed by atoms with Crippen molar-refractivity contribution in [3.05, 3.63) is 65.3 Å². The van der Waals surface area contributed by atoms with Gasteiger partial charge in [-0.05, 0) is 30.8 Å². The van der Waals surface area contributed by atoms with E-state index in [-0.39, 0.29) is 0 Å². The van der Waals surface area contributed by atoms with Gasteiger partial charge < -0.3 is 10.2 Å². The fourth-order valence-corrected chi connectivity index (χ4v) is 3.35. The monoisotopic (exact) mass is 345 g/mol. The van der Waals surface area contributed by atoms with Crippen LogP contribution in [0.1, 0.15) is 17.3 Å². The topological polar surface area (TPSA) is 72.4 Å². The predicted molar refractivity (Wildman–Crippen MR) is 89.6 cm³/mol. The van der Waals surface area contributed by atoms with Crippen molar-refractivity contribution in [2.45, 2.75) is 12.6 Å². The SMILES string of the molecule is CN(Cc1csc(-c2ccoc2)n1)C(C(N)=O)c1cccc(F)c1. The summed E-state index contributed by atoms with van der Waals surface area (Å²) in [5, 5.41) is 2.76. The number of hydrogen-bond donors (Lipinski definition) is 1. The van der Waals surface area contributed by atoms with E-state index in [4.69, 9.17) is 10.2 Å². The average molecular weight is 345 g/mol. The Labute approximate surface area is 142 Å². The van der Waals surface area contributed by atoms with Crippen molar-refractivity contribution in [1.29, 1.82) is 0 Å². The van der Waals surface area contributed by atoms with Crippen molar-refractivity contribution in [1.82, 2.24) is 9.88 Å². The molecule has 5 nitrogen and oxygen atoms in total. The molecule has 7 heteroatoms. The molecule has 2 heterocycles. The molecular formula is C17H16FN3O2S. The van der Waals surface area contributed by atoms with E-state index in [1.54, 1.807) is 36.6 Å². The van der Waals surface area contributed by atoms with Gasteiger partial charge in [-0.1, -0.05) is 12.1 Å². The van der Waals surface area contributed by atoms with E-state index in [0.29, 0.717) is 12.1 Å². The lowest BCUT2D eigenvalue weighted by Gasteiger charge is -2.25. The molecular weight excluding hydrogens is 329 g/mol. The molecule has 0 aliphatic rings. The highest BCUT2D eigenvalue weighted by molar-refractivity contribution is 7.13. The number of amides is 1. The summed E-state index contributed by atoms with van der Waals surface area (Å²) >= 11 is 1.49. The quantitative estimate of drug-likeness (QED) is 0.745. The van der Waals surface area contributed by atoms with E-state index in [1.807, 2.05) is 11.4 Å². The molecule has 1 unspecified atom stereocenters. The zero-order valence-corrected chi connectivity index (χ0v) is 13.8. The van der Waals surface area contributed by atoms with Gasteiger partial charge in [0.1, 0.15) is 23.1 Å². The van der Waals surface area contributed by atoms with Crippen molar-refractivity contribution >= 4 is 17.2 Å². The van der Waals surface area contributed by atoms with Crippen molar-refractivity contribution in [2.75, 3.05) is 7.05 Å². The highest BCUT2D eigenvalue weighted by Crippen LogP contribution is 2.26. The Hall–Kier alpha value is -2.51. The summed E-state index contributed by atoms with van der Waals surface area (Å²) in [7, 11) is 1.76. The first kappa shape index (κ1) is 16.4. The molecule has 0 aliphatic heterocycles. The number of carbonyl (C=O) groups is 1. The standard InChI is InChI=1S/C17H16FN3O2S/c1-21(15(16(19)22)11-3-2-4-13(18)7-11)8-14-10-24-17(20-14)12-5-6-23-9-12/h2-7,9-10,15H,8H2,1H3,(H2,19,22). The Morgan fingerprint density at radius 3 is 2.96 bits per heavy atom. The lowest BCUT2D eigenvalue weighted by molar-refractivity contribution is -0.123. The van der Waals surface area contributed by atoms with Gasteiger partial charge in [-0.15, -0.1) is 11.3 Å². The van der Waals surface area contributed by atoms with Crippen molar-refractivity contribution in [3.63, 3.8) is 0 Å². The summed E-state index contributed by atoms with van der Waals surface area (Å²) in [6, 6.07) is 7.02. The highest BCUT2D eigenvalue weighted by Gasteiger charge is 2.24. The Kier molecular flexibility index (Phi) is 4.73. The maximum atomic E-state index is 13.5. The normalized spacial score (nSPS) is 12.5. The van der Waals surface area contributed by atoms with Crippen LogP contribution in [0.3, 0.4) is 0 Å². The van der Waals surface area contributed by atoms with Crippen LogP contribution in [-0.4, -0.2) is 22.8 Å². The molecule has 0 saturated heterocycles. The first-order chi connectivity index (χ1) is 11.5. The molecule has 3 rings (SSSR count). The minimum absolute atomic E-state index is 0.400. The third-order valence-electron chi connectivity index (χ3n) is 3.61. The summed E-state index contributed by atoms with van der Waals surface area (Å²) in [4.78, 5) is 18.2. The molecule has 3 aromatic rings. The zero-order chi connectivity index (χ0) is 17.1. The number of primary amides is 1. The molecule has 124 valence electrons. The number of nitrogens with two attached hydrogens (primary N) is 1. The van der Waals surface area contributed by atoms with Gasteiger partial charge >= 0.3 is 0 Å². The van der Waals surface area contributed by atoms with Gasteiger partial charge in [0.2, 0.25) is 5.91 Å². The van der Waals surface area contributed by atoms with Gasteiger partial charge in [-0.3, -0.25) is 9.69 Å². The van der Waals surface area contributed by atoms with E-state index >= 15 is 0 Å². The maximum Gasteiger partial charge on any atom is 0.239 e. The second-order valence-electron chi connectivity index (χ2n) is 5.43. The molecule has 2 aromatic heterocycles. The molecule has 1 aromatic carbocycles. The van der Waals surface area contributed by atoms with Crippen LogP contribution in [0.5, 0.6) is 0 Å². The van der Waals surface area contributed by atoms with Gasteiger partial charge in [0, 0.05) is 17.5 Å². The van der Waals surface area contributed by atoms with Gasteiger partial charge in [0.15, 0.2) is 0 Å². The Bertz CT molecular complexity index is 832. The van der Waals surface area contributed by atoms with Crippen molar-refractivity contribution in [3.8, 4) is 10.6 Å². The molecule has 0 radical (unpaired) electrons. The van der Waals surface area contributed by atoms with Gasteiger partial charge in [-0.25, -0.2) is 9.37 Å². The molecule has 0 bridgehead atoms. The maximum absolute atomic E-state index is 13.5. The van der Waals surface area contributed by atoms with E-state index in [0.717, 1.165) is 16.3 Å². The number of carbonyl (C=O) groups excluding carboxylic acids is 1. The van der Waals surface area contributed by atoms with E-state index in [1.165, 1.54) is 23.5 Å². The zero-order valence-electron chi connectivity index (χ0n) is 13.0. The molecule has 0 fully saturated rings. The number of thiazole rings is 1. The second kappa shape index (κ2) is 6.94. The van der Waals surface area contributed by atoms with Crippen LogP contribution >= 0.6 is 11.3 Å². The second-order valence-corrected chi connectivity index (χ2v) is 6.29. The van der Waals surface area contributed by atoms with Crippen LogP contribution in [0, 0.1) is 5.82 Å². The van der Waals surface area contributed by atoms with Crippen LogP contribution in [-0.2, 0) is 11.3 Å². The average Bonchev–Trinajstić information content (AvgIpc) is 3.17. The Morgan fingerprint density at radius 1 is 1.46 bits per heavy atom. The minimum atomic E-state index is -0.722. The minimum Gasteiger partial charge on any atom is -0.472 e. The molecule has 0 aliphatic carbocycles. The Morgan fingerprint density at radius 2 is 2.29 bits per heavy atom. The predicted octanol–water partition coefficient (Wildman–Crippen LogP) is 3.20. The van der Waals surface area contributed by atoms with Crippen LogP contribution in [0.15, 0.2) is 52.7 Å². The molecule has 0 saturated carbocycles. The van der Waals surface area contributed by atoms with Crippen LogP contribution in [0.4, 0.5) is 4.39 Å². The number of hydrogen-bond acceptors (Lipinski definition) is 5. The lowest BCUT2D eigenvalue weighted by Crippen LogP contribution is -2.35. The highest BCUT2D eigenvalue weighted by atomic mass is 32.1. The van der Waals surface area contributed by atoms with Crippen molar-refractivity contribution < 1.29 is 13.6 Å². The number of furan rings is 1. The van der Waals surface area contributed by atoms with Crippen LogP contribution in [0.2, 0.25) is 0 Å². The molecule has 1 atom stereocenters. The fourth-order valence-electron chi connectivity index (χ4n) is 2.56. The number of benzene rings is 1. The number of nitrogens with zero attached hydrogens (tertiary/aromatic N) is 2. The van der Waals surface area contributed by atoms with E-state index in [2.05, 4.69) is 4.98 Å². The molecule has 1 amide bonds. The van der Waals surface area contributed by atoms with Crippen LogP contribution < -0.4 is 5.73 Å². The van der Waals surface area contributed by atoms with Gasteiger partial charge in [0.25, 0.3) is 0 Å². The summed E-state index contributed by atoms with van der Waals surface area (Å²) in [5.74, 6) is -0.934. The third kappa shape index (κ3) is 3.52. The van der Waals surface area contributed by atoms with Gasteiger partial charge in [-0.2, -0.15) is 0 Å². The molecule has 2 N–H and O–H groups in total.